The summed E-state index contributed by atoms with van der Waals surface area (Å²) in [6.07, 6.45) is 0. The predicted molar refractivity (Wildman–Crippen MR) is 87.3 cm³/mol. The molecule has 0 radical (unpaired) electrons. The number of amides is 3. The van der Waals surface area contributed by atoms with E-state index in [0.717, 1.165) is 4.90 Å². The van der Waals surface area contributed by atoms with Crippen molar-refractivity contribution in [3.05, 3.63) is 63.1 Å². The van der Waals surface area contributed by atoms with E-state index in [-0.39, 0.29) is 17.0 Å². The van der Waals surface area contributed by atoms with Crippen molar-refractivity contribution in [1.82, 2.24) is 4.90 Å². The Morgan fingerprint density at radius 2 is 1.57 bits per heavy atom. The van der Waals surface area contributed by atoms with Crippen LogP contribution in [0.15, 0.2) is 36.4 Å². The molecule has 23 heavy (non-hydrogen) atoms. The molecule has 0 saturated carbocycles. The van der Waals surface area contributed by atoms with Gasteiger partial charge in [0, 0.05) is 28.3 Å². The third kappa shape index (κ3) is 2.81. The average Bonchev–Trinajstić information content (AvgIpc) is 2.70. The van der Waals surface area contributed by atoms with Crippen molar-refractivity contribution in [2.24, 2.45) is 0 Å². The second-order valence-corrected chi connectivity index (χ2v) is 5.91. The van der Waals surface area contributed by atoms with Crippen molar-refractivity contribution in [1.29, 1.82) is 0 Å². The molecule has 0 aliphatic carbocycles. The number of rotatable bonds is 2. The Hall–Kier alpha value is -2.37. The van der Waals surface area contributed by atoms with Gasteiger partial charge in [-0.2, -0.15) is 0 Å². The summed E-state index contributed by atoms with van der Waals surface area (Å²) in [5.41, 5.74) is 1.21. The van der Waals surface area contributed by atoms with Crippen LogP contribution < -0.4 is 5.32 Å². The normalized spacial score (nSPS) is 13.3. The molecule has 0 unspecified atom stereocenters. The molecule has 0 saturated heterocycles. The Morgan fingerprint density at radius 1 is 0.957 bits per heavy atom. The van der Waals surface area contributed by atoms with E-state index in [1.165, 1.54) is 25.2 Å². The Labute approximate surface area is 141 Å². The highest BCUT2D eigenvalue weighted by Gasteiger charge is 2.33. The van der Waals surface area contributed by atoms with E-state index in [2.05, 4.69) is 5.32 Å². The quantitative estimate of drug-likeness (QED) is 0.845. The van der Waals surface area contributed by atoms with E-state index in [4.69, 9.17) is 23.2 Å². The van der Waals surface area contributed by atoms with Crippen molar-refractivity contribution >= 4 is 46.6 Å². The maximum Gasteiger partial charge on any atom is 0.261 e. The van der Waals surface area contributed by atoms with Gasteiger partial charge in [-0.1, -0.05) is 23.2 Å². The molecule has 1 N–H and O–H groups in total. The number of fused-ring (bicyclic) bond motifs is 1. The predicted octanol–water partition coefficient (Wildman–Crippen LogP) is 3.47. The third-order valence-corrected chi connectivity index (χ3v) is 3.91. The molecule has 0 bridgehead atoms. The number of carbonyl (C=O) groups excluding carboxylic acids is 3. The fraction of sp³-hybridized carbons (Fsp3) is 0.0625. The molecule has 0 aromatic heterocycles. The van der Waals surface area contributed by atoms with Crippen LogP contribution in [0, 0.1) is 0 Å². The summed E-state index contributed by atoms with van der Waals surface area (Å²) in [5, 5.41) is 3.44. The molecule has 0 atom stereocenters. The number of nitrogens with zero attached hydrogens (tertiary/aromatic N) is 1. The van der Waals surface area contributed by atoms with Crippen molar-refractivity contribution in [3.8, 4) is 0 Å². The molecular formula is C16H10Cl2N2O3. The molecule has 3 rings (SSSR count). The van der Waals surface area contributed by atoms with Crippen LogP contribution in [-0.4, -0.2) is 29.7 Å². The summed E-state index contributed by atoms with van der Waals surface area (Å²) in [7, 11) is 1.40. The summed E-state index contributed by atoms with van der Waals surface area (Å²) in [5.74, 6) is -1.23. The SMILES string of the molecule is CN1C(=O)c2ccc(C(=O)Nc3cc(Cl)cc(Cl)c3)cc2C1=O. The van der Waals surface area contributed by atoms with Gasteiger partial charge in [-0.3, -0.25) is 19.3 Å². The number of halogens is 2. The van der Waals surface area contributed by atoms with Crippen molar-refractivity contribution < 1.29 is 14.4 Å². The van der Waals surface area contributed by atoms with E-state index < -0.39 is 11.8 Å². The van der Waals surface area contributed by atoms with Gasteiger partial charge in [0.1, 0.15) is 0 Å². The van der Waals surface area contributed by atoms with Gasteiger partial charge in [-0.15, -0.1) is 0 Å². The van der Waals surface area contributed by atoms with Gasteiger partial charge in [0.15, 0.2) is 0 Å². The minimum Gasteiger partial charge on any atom is -0.322 e. The first-order valence-corrected chi connectivity index (χ1v) is 7.36. The second kappa shape index (κ2) is 5.68. The highest BCUT2D eigenvalue weighted by Crippen LogP contribution is 2.25. The first-order chi connectivity index (χ1) is 10.9. The number of anilines is 1. The number of hydrogen-bond acceptors (Lipinski definition) is 3. The zero-order chi connectivity index (χ0) is 16.7. The summed E-state index contributed by atoms with van der Waals surface area (Å²) in [4.78, 5) is 37.1. The van der Waals surface area contributed by atoms with Gasteiger partial charge in [-0.25, -0.2) is 0 Å². The first-order valence-electron chi connectivity index (χ1n) is 6.60. The number of hydrogen-bond donors (Lipinski definition) is 1. The second-order valence-electron chi connectivity index (χ2n) is 5.04. The summed E-state index contributed by atoms with van der Waals surface area (Å²) in [6, 6.07) is 9.03. The largest absolute Gasteiger partial charge is 0.322 e. The summed E-state index contributed by atoms with van der Waals surface area (Å²) < 4.78 is 0. The lowest BCUT2D eigenvalue weighted by atomic mass is 10.1. The fourth-order valence-electron chi connectivity index (χ4n) is 2.33. The lowest BCUT2D eigenvalue weighted by molar-refractivity contribution is 0.0693. The zero-order valence-electron chi connectivity index (χ0n) is 11.9. The van der Waals surface area contributed by atoms with E-state index in [0.29, 0.717) is 21.3 Å². The number of imide groups is 1. The molecular weight excluding hydrogens is 339 g/mol. The molecule has 116 valence electrons. The minimum atomic E-state index is -0.430. The van der Waals surface area contributed by atoms with Crippen LogP contribution in [-0.2, 0) is 0 Å². The van der Waals surface area contributed by atoms with Crippen molar-refractivity contribution in [2.75, 3.05) is 12.4 Å². The molecule has 5 nitrogen and oxygen atoms in total. The Bertz CT molecular complexity index is 844. The van der Waals surface area contributed by atoms with E-state index in [1.54, 1.807) is 18.2 Å². The Balaban J connectivity index is 1.90. The molecule has 0 fully saturated rings. The number of carbonyl (C=O) groups is 3. The Kier molecular flexibility index (Phi) is 3.83. The molecule has 1 heterocycles. The lowest BCUT2D eigenvalue weighted by Crippen LogP contribution is -2.24. The fourth-order valence-corrected chi connectivity index (χ4v) is 2.86. The highest BCUT2D eigenvalue weighted by molar-refractivity contribution is 6.35. The van der Waals surface area contributed by atoms with E-state index in [9.17, 15) is 14.4 Å². The molecule has 2 aromatic rings. The highest BCUT2D eigenvalue weighted by atomic mass is 35.5. The zero-order valence-corrected chi connectivity index (χ0v) is 13.4. The molecule has 2 aromatic carbocycles. The maximum absolute atomic E-state index is 12.3. The first kappa shape index (κ1) is 15.5. The summed E-state index contributed by atoms with van der Waals surface area (Å²) in [6.45, 7) is 0. The van der Waals surface area contributed by atoms with E-state index in [1.807, 2.05) is 0 Å². The standard InChI is InChI=1S/C16H10Cl2N2O3/c1-20-15(22)12-3-2-8(4-13(12)16(20)23)14(21)19-11-6-9(17)5-10(18)7-11/h2-7H,1H3,(H,19,21). The van der Waals surface area contributed by atoms with Crippen LogP contribution >= 0.6 is 23.2 Å². The smallest absolute Gasteiger partial charge is 0.261 e. The van der Waals surface area contributed by atoms with Crippen LogP contribution in [0.5, 0.6) is 0 Å². The molecule has 1 aliphatic heterocycles. The van der Waals surface area contributed by atoms with Crippen LogP contribution in [0.3, 0.4) is 0 Å². The van der Waals surface area contributed by atoms with Crippen LogP contribution in [0.4, 0.5) is 5.69 Å². The van der Waals surface area contributed by atoms with Crippen LogP contribution in [0.2, 0.25) is 10.0 Å². The average molecular weight is 349 g/mol. The van der Waals surface area contributed by atoms with E-state index >= 15 is 0 Å². The lowest BCUT2D eigenvalue weighted by Gasteiger charge is -2.07. The van der Waals surface area contributed by atoms with Gasteiger partial charge in [0.05, 0.1) is 11.1 Å². The monoisotopic (exact) mass is 348 g/mol. The minimum absolute atomic E-state index is 0.217. The third-order valence-electron chi connectivity index (χ3n) is 3.47. The molecule has 0 spiro atoms. The van der Waals surface area contributed by atoms with Crippen molar-refractivity contribution in [2.45, 2.75) is 0 Å². The van der Waals surface area contributed by atoms with Gasteiger partial charge in [-0.05, 0) is 36.4 Å². The number of nitrogens with one attached hydrogen (secondary N) is 1. The van der Waals surface area contributed by atoms with Gasteiger partial charge < -0.3 is 5.32 Å². The van der Waals surface area contributed by atoms with Gasteiger partial charge >= 0.3 is 0 Å². The van der Waals surface area contributed by atoms with Gasteiger partial charge in [0.25, 0.3) is 17.7 Å². The topological polar surface area (TPSA) is 66.5 Å². The maximum atomic E-state index is 12.3. The number of benzene rings is 2. The summed E-state index contributed by atoms with van der Waals surface area (Å²) >= 11 is 11.8. The Morgan fingerprint density at radius 3 is 2.22 bits per heavy atom. The molecule has 7 heteroatoms. The van der Waals surface area contributed by atoms with Gasteiger partial charge in [0.2, 0.25) is 0 Å². The molecule has 1 aliphatic rings. The van der Waals surface area contributed by atoms with Crippen LogP contribution in [0.1, 0.15) is 31.1 Å². The van der Waals surface area contributed by atoms with Crippen molar-refractivity contribution in [3.63, 3.8) is 0 Å². The van der Waals surface area contributed by atoms with Crippen LogP contribution in [0.25, 0.3) is 0 Å². The molecule has 3 amide bonds.